The quantitative estimate of drug-likeness (QED) is 0.411. The second-order valence-corrected chi connectivity index (χ2v) is 13.7. The van der Waals surface area contributed by atoms with E-state index in [1.54, 1.807) is 15.3 Å². The maximum absolute atomic E-state index is 13.5. The number of nitrogens with zero attached hydrogens (tertiary/aromatic N) is 3. The van der Waals surface area contributed by atoms with Gasteiger partial charge in [-0.3, -0.25) is 4.79 Å². The SMILES string of the molecule is O=C(CC1C[C@H]2CC[C@@H](C1)N2S(=O)(=O)CC1CCN(C(=O)OCc2ccccc2)CC1)c1cc(C2CC2)on1. The molecule has 2 bridgehead atoms. The molecule has 0 radical (unpaired) electrons. The van der Waals surface area contributed by atoms with Gasteiger partial charge in [0.25, 0.3) is 0 Å². The van der Waals surface area contributed by atoms with E-state index in [2.05, 4.69) is 5.16 Å². The molecule has 6 rings (SSSR count). The lowest BCUT2D eigenvalue weighted by Gasteiger charge is -2.39. The second kappa shape index (κ2) is 11.0. The molecule has 2 aromatic rings. The van der Waals surface area contributed by atoms with Crippen molar-refractivity contribution in [2.24, 2.45) is 11.8 Å². The predicted octanol–water partition coefficient (Wildman–Crippen LogP) is 4.75. The van der Waals surface area contributed by atoms with E-state index < -0.39 is 10.0 Å². The molecule has 1 aliphatic carbocycles. The first-order valence-corrected chi connectivity index (χ1v) is 15.9. The van der Waals surface area contributed by atoms with Crippen molar-refractivity contribution in [3.05, 3.63) is 53.4 Å². The minimum Gasteiger partial charge on any atom is -0.445 e. The van der Waals surface area contributed by atoms with Gasteiger partial charge in [-0.05, 0) is 68.8 Å². The summed E-state index contributed by atoms with van der Waals surface area (Å²) in [6.45, 7) is 1.25. The first-order valence-electron chi connectivity index (χ1n) is 14.3. The van der Waals surface area contributed by atoms with Crippen molar-refractivity contribution < 1.29 is 27.3 Å². The molecule has 39 heavy (non-hydrogen) atoms. The van der Waals surface area contributed by atoms with Gasteiger partial charge in [0.15, 0.2) is 5.78 Å². The zero-order valence-corrected chi connectivity index (χ0v) is 23.1. The number of carbonyl (C=O) groups excluding carboxylic acids is 2. The highest BCUT2D eigenvalue weighted by Gasteiger charge is 2.47. The van der Waals surface area contributed by atoms with Gasteiger partial charge in [-0.15, -0.1) is 0 Å². The molecule has 0 spiro atoms. The van der Waals surface area contributed by atoms with Gasteiger partial charge >= 0.3 is 6.09 Å². The van der Waals surface area contributed by atoms with Crippen molar-refractivity contribution in [1.29, 1.82) is 0 Å². The zero-order chi connectivity index (χ0) is 27.0. The lowest BCUT2D eigenvalue weighted by molar-refractivity contribution is 0.0837. The largest absolute Gasteiger partial charge is 0.445 e. The van der Waals surface area contributed by atoms with Crippen LogP contribution in [0.15, 0.2) is 40.9 Å². The normalized spacial score (nSPS) is 26.1. The van der Waals surface area contributed by atoms with Gasteiger partial charge in [0.2, 0.25) is 10.0 Å². The summed E-state index contributed by atoms with van der Waals surface area (Å²) in [5, 5.41) is 3.99. The third-order valence-corrected chi connectivity index (χ3v) is 11.0. The minimum atomic E-state index is -3.42. The summed E-state index contributed by atoms with van der Waals surface area (Å²) in [5.41, 5.74) is 1.35. The topological polar surface area (TPSA) is 110 Å². The minimum absolute atomic E-state index is 0.000382. The summed E-state index contributed by atoms with van der Waals surface area (Å²) in [6.07, 6.45) is 6.72. The molecule has 9 nitrogen and oxygen atoms in total. The number of benzene rings is 1. The summed E-state index contributed by atoms with van der Waals surface area (Å²) in [4.78, 5) is 27.0. The number of ether oxygens (including phenoxy) is 1. The van der Waals surface area contributed by atoms with Crippen molar-refractivity contribution in [3.8, 4) is 0 Å². The summed E-state index contributed by atoms with van der Waals surface area (Å²) in [6, 6.07) is 11.3. The molecule has 10 heteroatoms. The first kappa shape index (κ1) is 26.5. The van der Waals surface area contributed by atoms with E-state index >= 15 is 0 Å². The molecule has 0 N–H and O–H groups in total. The van der Waals surface area contributed by atoms with E-state index in [0.29, 0.717) is 44.0 Å². The Morgan fingerprint density at radius 3 is 2.31 bits per heavy atom. The maximum atomic E-state index is 13.5. The summed E-state index contributed by atoms with van der Waals surface area (Å²) in [5.74, 6) is 1.56. The molecule has 4 aliphatic rings. The lowest BCUT2D eigenvalue weighted by Crippen LogP contribution is -2.49. The highest BCUT2D eigenvalue weighted by atomic mass is 32.2. The van der Waals surface area contributed by atoms with Gasteiger partial charge in [-0.25, -0.2) is 13.2 Å². The van der Waals surface area contributed by atoms with Crippen molar-refractivity contribution in [2.45, 2.75) is 82.4 Å². The third-order valence-electron chi connectivity index (χ3n) is 8.88. The van der Waals surface area contributed by atoms with Crippen molar-refractivity contribution in [3.63, 3.8) is 0 Å². The fraction of sp³-hybridized carbons (Fsp3) is 0.621. The number of ketones is 1. The molecule has 3 saturated heterocycles. The number of hydrogen-bond donors (Lipinski definition) is 0. The van der Waals surface area contributed by atoms with Gasteiger partial charge < -0.3 is 14.2 Å². The summed E-state index contributed by atoms with van der Waals surface area (Å²) in [7, 11) is -3.42. The molecule has 210 valence electrons. The molecule has 1 amide bonds. The van der Waals surface area contributed by atoms with Crippen LogP contribution < -0.4 is 0 Å². The Morgan fingerprint density at radius 1 is 0.949 bits per heavy atom. The first-order chi connectivity index (χ1) is 18.9. The average Bonchev–Trinajstić information content (AvgIpc) is 3.58. The Hall–Kier alpha value is -2.72. The van der Waals surface area contributed by atoms with Gasteiger partial charge in [-0.1, -0.05) is 35.5 Å². The number of sulfonamides is 1. The molecule has 1 unspecified atom stereocenters. The Morgan fingerprint density at radius 2 is 1.64 bits per heavy atom. The molecule has 3 aliphatic heterocycles. The van der Waals surface area contributed by atoms with E-state index in [4.69, 9.17) is 9.26 Å². The monoisotopic (exact) mass is 555 g/mol. The maximum Gasteiger partial charge on any atom is 0.410 e. The van der Waals surface area contributed by atoms with Crippen molar-refractivity contribution in [2.75, 3.05) is 18.8 Å². The Kier molecular flexibility index (Phi) is 7.50. The molecular formula is C29H37N3O6S. The van der Waals surface area contributed by atoms with E-state index in [9.17, 15) is 18.0 Å². The number of hydrogen-bond acceptors (Lipinski definition) is 7. The van der Waals surface area contributed by atoms with Crippen LogP contribution in [0.25, 0.3) is 0 Å². The van der Waals surface area contributed by atoms with Crippen LogP contribution in [0.1, 0.15) is 85.5 Å². The van der Waals surface area contributed by atoms with E-state index in [1.807, 2.05) is 30.3 Å². The zero-order valence-electron chi connectivity index (χ0n) is 22.2. The smallest absolute Gasteiger partial charge is 0.410 e. The highest BCUT2D eigenvalue weighted by molar-refractivity contribution is 7.89. The predicted molar refractivity (Wildman–Crippen MR) is 144 cm³/mol. The fourth-order valence-electron chi connectivity index (χ4n) is 6.69. The number of rotatable bonds is 9. The van der Waals surface area contributed by atoms with Gasteiger partial charge in [-0.2, -0.15) is 4.31 Å². The van der Waals surface area contributed by atoms with Crippen LogP contribution >= 0.6 is 0 Å². The Balaban J connectivity index is 0.978. The number of likely N-dealkylation sites (tertiary alicyclic amines) is 1. The number of aromatic nitrogens is 1. The highest BCUT2D eigenvalue weighted by Crippen LogP contribution is 2.43. The number of carbonyl (C=O) groups is 2. The van der Waals surface area contributed by atoms with Crippen LogP contribution in [-0.4, -0.2) is 65.6 Å². The lowest BCUT2D eigenvalue weighted by atomic mass is 9.87. The fourth-order valence-corrected chi connectivity index (χ4v) is 9.08. The summed E-state index contributed by atoms with van der Waals surface area (Å²) < 4.78 is 39.7. The number of fused-ring (bicyclic) bond motifs is 2. The second-order valence-electron chi connectivity index (χ2n) is 11.8. The molecular weight excluding hydrogens is 518 g/mol. The Bertz CT molecular complexity index is 1270. The van der Waals surface area contributed by atoms with Crippen LogP contribution in [0.5, 0.6) is 0 Å². The van der Waals surface area contributed by atoms with Crippen molar-refractivity contribution >= 4 is 21.9 Å². The van der Waals surface area contributed by atoms with Crippen LogP contribution in [0, 0.1) is 11.8 Å². The number of piperidine rings is 2. The molecule has 4 heterocycles. The summed E-state index contributed by atoms with van der Waals surface area (Å²) >= 11 is 0. The molecule has 1 aromatic heterocycles. The Labute approximate surface area is 229 Å². The molecule has 3 atom stereocenters. The van der Waals surface area contributed by atoms with E-state index in [0.717, 1.165) is 49.8 Å². The van der Waals surface area contributed by atoms with Crippen LogP contribution in [0.2, 0.25) is 0 Å². The van der Waals surface area contributed by atoms with E-state index in [-0.39, 0.29) is 48.2 Å². The van der Waals surface area contributed by atoms with E-state index in [1.165, 1.54) is 0 Å². The third kappa shape index (κ3) is 6.06. The van der Waals surface area contributed by atoms with Gasteiger partial charge in [0.1, 0.15) is 18.1 Å². The molecule has 4 fully saturated rings. The molecule has 1 saturated carbocycles. The average molecular weight is 556 g/mol. The number of Topliss-reactive ketones (excluding diaryl/α,β-unsaturated/α-hetero) is 1. The van der Waals surface area contributed by atoms with Crippen LogP contribution in [-0.2, 0) is 21.4 Å². The van der Waals surface area contributed by atoms with Gasteiger partial charge in [0.05, 0.1) is 5.75 Å². The van der Waals surface area contributed by atoms with Crippen molar-refractivity contribution in [1.82, 2.24) is 14.4 Å². The van der Waals surface area contributed by atoms with Crippen LogP contribution in [0.3, 0.4) is 0 Å². The molecule has 1 aromatic carbocycles. The standard InChI is InChI=1S/C29H37N3O6S/c33-27(26-17-28(38-30-26)23-6-7-23)16-22-14-24-8-9-25(15-22)32(24)39(35,36)19-21-10-12-31(13-11-21)29(34)37-18-20-4-2-1-3-5-20/h1-5,17,21-25H,6-16,18-19H2/t22?,24-,25+. The van der Waals surface area contributed by atoms with Gasteiger partial charge in [0, 0.05) is 43.6 Å². The van der Waals surface area contributed by atoms with Crippen LogP contribution in [0.4, 0.5) is 4.79 Å². The number of amides is 1.